The standard InChI is InChI=1S/C12H24N2O3S/c1-3-10(13-2)5-4-8-18(16,17)9-12(15)14-11-6-7-11/h10-11,13H,3-9H2,1-2H3,(H,14,15). The third-order valence-electron chi connectivity index (χ3n) is 3.20. The first kappa shape index (κ1) is 15.4. The van der Waals surface area contributed by atoms with Gasteiger partial charge in [-0.3, -0.25) is 4.79 Å². The summed E-state index contributed by atoms with van der Waals surface area (Å²) in [5, 5.41) is 5.84. The molecular formula is C12H24N2O3S. The molecule has 1 saturated carbocycles. The van der Waals surface area contributed by atoms with Crippen LogP contribution in [-0.2, 0) is 14.6 Å². The second kappa shape index (κ2) is 7.09. The molecule has 0 heterocycles. The Morgan fingerprint density at radius 3 is 2.56 bits per heavy atom. The van der Waals surface area contributed by atoms with Crippen LogP contribution in [0.5, 0.6) is 0 Å². The highest BCUT2D eigenvalue weighted by molar-refractivity contribution is 7.92. The average Bonchev–Trinajstić information content (AvgIpc) is 3.07. The monoisotopic (exact) mass is 276 g/mol. The molecule has 6 heteroatoms. The van der Waals surface area contributed by atoms with Crippen LogP contribution in [0.3, 0.4) is 0 Å². The molecule has 1 fully saturated rings. The maximum absolute atomic E-state index is 11.7. The van der Waals surface area contributed by atoms with Crippen molar-refractivity contribution >= 4 is 15.7 Å². The minimum atomic E-state index is -3.25. The summed E-state index contributed by atoms with van der Waals surface area (Å²) in [4.78, 5) is 11.4. The Balaban J connectivity index is 2.23. The highest BCUT2D eigenvalue weighted by Crippen LogP contribution is 2.18. The first-order valence-corrected chi connectivity index (χ1v) is 8.46. The van der Waals surface area contributed by atoms with Gasteiger partial charge in [-0.05, 0) is 39.2 Å². The van der Waals surface area contributed by atoms with E-state index in [2.05, 4.69) is 17.6 Å². The number of sulfone groups is 1. The Labute approximate surface area is 110 Å². The van der Waals surface area contributed by atoms with Gasteiger partial charge in [-0.15, -0.1) is 0 Å². The Morgan fingerprint density at radius 2 is 2.06 bits per heavy atom. The largest absolute Gasteiger partial charge is 0.352 e. The van der Waals surface area contributed by atoms with Gasteiger partial charge in [0.1, 0.15) is 5.75 Å². The summed E-state index contributed by atoms with van der Waals surface area (Å²) in [5.41, 5.74) is 0. The molecule has 1 unspecified atom stereocenters. The molecule has 0 aliphatic heterocycles. The van der Waals surface area contributed by atoms with Gasteiger partial charge in [-0.25, -0.2) is 8.42 Å². The number of amides is 1. The Morgan fingerprint density at radius 1 is 1.39 bits per heavy atom. The first-order chi connectivity index (χ1) is 8.46. The molecule has 2 N–H and O–H groups in total. The van der Waals surface area contributed by atoms with Crippen LogP contribution in [0.1, 0.15) is 39.0 Å². The van der Waals surface area contributed by atoms with E-state index in [0.717, 1.165) is 25.7 Å². The lowest BCUT2D eigenvalue weighted by atomic mass is 10.1. The van der Waals surface area contributed by atoms with E-state index in [9.17, 15) is 13.2 Å². The lowest BCUT2D eigenvalue weighted by Gasteiger charge is -2.13. The Kier molecular flexibility index (Phi) is 6.08. The molecule has 1 amide bonds. The molecule has 0 aromatic rings. The van der Waals surface area contributed by atoms with Crippen molar-refractivity contribution < 1.29 is 13.2 Å². The topological polar surface area (TPSA) is 75.3 Å². The van der Waals surface area contributed by atoms with Gasteiger partial charge in [-0.2, -0.15) is 0 Å². The summed E-state index contributed by atoms with van der Waals surface area (Å²) >= 11 is 0. The summed E-state index contributed by atoms with van der Waals surface area (Å²) in [5.74, 6) is -0.610. The first-order valence-electron chi connectivity index (χ1n) is 6.64. The highest BCUT2D eigenvalue weighted by atomic mass is 32.2. The van der Waals surface area contributed by atoms with Crippen molar-refractivity contribution in [2.45, 2.75) is 51.1 Å². The maximum atomic E-state index is 11.7. The number of carbonyl (C=O) groups is 1. The zero-order chi connectivity index (χ0) is 13.6. The smallest absolute Gasteiger partial charge is 0.235 e. The number of hydrogen-bond acceptors (Lipinski definition) is 4. The molecule has 1 atom stereocenters. The lowest BCUT2D eigenvalue weighted by molar-refractivity contribution is -0.118. The van der Waals surface area contributed by atoms with Crippen molar-refractivity contribution in [2.75, 3.05) is 18.6 Å². The van der Waals surface area contributed by atoms with Crippen molar-refractivity contribution in [3.8, 4) is 0 Å². The number of rotatable bonds is 9. The van der Waals surface area contributed by atoms with Gasteiger partial charge < -0.3 is 10.6 Å². The molecule has 1 aliphatic rings. The van der Waals surface area contributed by atoms with E-state index >= 15 is 0 Å². The van der Waals surface area contributed by atoms with Gasteiger partial charge >= 0.3 is 0 Å². The lowest BCUT2D eigenvalue weighted by Crippen LogP contribution is -2.33. The Hall–Kier alpha value is -0.620. The average molecular weight is 276 g/mol. The summed E-state index contributed by atoms with van der Waals surface area (Å²) in [6.45, 7) is 2.07. The SMILES string of the molecule is CCC(CCCS(=O)(=O)CC(=O)NC1CC1)NC. The minimum Gasteiger partial charge on any atom is -0.352 e. The molecule has 0 saturated heterocycles. The van der Waals surface area contributed by atoms with Crippen molar-refractivity contribution in [2.24, 2.45) is 0 Å². The van der Waals surface area contributed by atoms with Crippen LogP contribution >= 0.6 is 0 Å². The van der Waals surface area contributed by atoms with Crippen LogP contribution in [0.4, 0.5) is 0 Å². The van der Waals surface area contributed by atoms with E-state index in [1.165, 1.54) is 0 Å². The van der Waals surface area contributed by atoms with Crippen LogP contribution in [0.15, 0.2) is 0 Å². The molecule has 0 aromatic heterocycles. The fourth-order valence-corrected chi connectivity index (χ4v) is 3.10. The fourth-order valence-electron chi connectivity index (χ4n) is 1.87. The van der Waals surface area contributed by atoms with E-state index in [4.69, 9.17) is 0 Å². The van der Waals surface area contributed by atoms with E-state index < -0.39 is 9.84 Å². The molecule has 5 nitrogen and oxygen atoms in total. The summed E-state index contributed by atoms with van der Waals surface area (Å²) in [6.07, 6.45) is 4.38. The predicted molar refractivity (Wildman–Crippen MR) is 72.2 cm³/mol. The van der Waals surface area contributed by atoms with E-state index in [-0.39, 0.29) is 23.5 Å². The summed E-state index contributed by atoms with van der Waals surface area (Å²) in [7, 11) is -1.37. The van der Waals surface area contributed by atoms with Gasteiger partial charge in [0.25, 0.3) is 0 Å². The van der Waals surface area contributed by atoms with E-state index in [0.29, 0.717) is 12.5 Å². The van der Waals surface area contributed by atoms with Crippen molar-refractivity contribution in [1.82, 2.24) is 10.6 Å². The van der Waals surface area contributed by atoms with Gasteiger partial charge in [0, 0.05) is 12.1 Å². The molecule has 18 heavy (non-hydrogen) atoms. The molecule has 0 radical (unpaired) electrons. The number of carbonyl (C=O) groups excluding carboxylic acids is 1. The van der Waals surface area contributed by atoms with Crippen LogP contribution in [0, 0.1) is 0 Å². The second-order valence-electron chi connectivity index (χ2n) is 4.97. The molecular weight excluding hydrogens is 252 g/mol. The van der Waals surface area contributed by atoms with Crippen LogP contribution in [0.2, 0.25) is 0 Å². The normalized spacial score (nSPS) is 17.4. The molecule has 1 aliphatic carbocycles. The quantitative estimate of drug-likeness (QED) is 0.641. The molecule has 0 spiro atoms. The fraction of sp³-hybridized carbons (Fsp3) is 0.917. The number of hydrogen-bond donors (Lipinski definition) is 2. The molecule has 106 valence electrons. The zero-order valence-electron chi connectivity index (χ0n) is 11.2. The van der Waals surface area contributed by atoms with Gasteiger partial charge in [-0.1, -0.05) is 6.92 Å². The minimum absolute atomic E-state index is 0.100. The molecule has 1 rings (SSSR count). The third kappa shape index (κ3) is 6.35. The van der Waals surface area contributed by atoms with Gasteiger partial charge in [0.2, 0.25) is 5.91 Å². The van der Waals surface area contributed by atoms with E-state index in [1.54, 1.807) is 0 Å². The number of nitrogens with one attached hydrogen (secondary N) is 2. The van der Waals surface area contributed by atoms with Crippen molar-refractivity contribution in [3.05, 3.63) is 0 Å². The maximum Gasteiger partial charge on any atom is 0.235 e. The second-order valence-corrected chi connectivity index (χ2v) is 7.15. The zero-order valence-corrected chi connectivity index (χ0v) is 12.1. The van der Waals surface area contributed by atoms with Gasteiger partial charge in [0.15, 0.2) is 9.84 Å². The summed E-state index contributed by atoms with van der Waals surface area (Å²) in [6, 6.07) is 0.585. The van der Waals surface area contributed by atoms with Crippen molar-refractivity contribution in [3.63, 3.8) is 0 Å². The molecule has 0 aromatic carbocycles. The highest BCUT2D eigenvalue weighted by Gasteiger charge is 2.25. The van der Waals surface area contributed by atoms with Crippen LogP contribution in [0.25, 0.3) is 0 Å². The van der Waals surface area contributed by atoms with Crippen LogP contribution < -0.4 is 10.6 Å². The van der Waals surface area contributed by atoms with E-state index in [1.807, 2.05) is 7.05 Å². The summed E-state index contributed by atoms with van der Waals surface area (Å²) < 4.78 is 23.4. The van der Waals surface area contributed by atoms with Gasteiger partial charge in [0.05, 0.1) is 5.75 Å². The predicted octanol–water partition coefficient (Wildman–Crippen LogP) is 0.458. The van der Waals surface area contributed by atoms with Crippen LogP contribution in [-0.4, -0.2) is 45.0 Å². The third-order valence-corrected chi connectivity index (χ3v) is 4.82. The Bertz CT molecular complexity index is 360. The van der Waals surface area contributed by atoms with Crippen molar-refractivity contribution in [1.29, 1.82) is 0 Å². The molecule has 0 bridgehead atoms.